The van der Waals surface area contributed by atoms with Crippen LogP contribution < -0.4 is 15.1 Å². The summed E-state index contributed by atoms with van der Waals surface area (Å²) < 4.78 is 38.6. The second-order valence-electron chi connectivity index (χ2n) is 7.03. The molecule has 0 aromatic heterocycles. The lowest BCUT2D eigenvalue weighted by atomic mass is 10.1. The maximum atomic E-state index is 12.9. The third-order valence-electron chi connectivity index (χ3n) is 5.11. The van der Waals surface area contributed by atoms with E-state index in [1.165, 1.54) is 12.1 Å². The second kappa shape index (κ2) is 8.65. The number of carbonyl (C=O) groups excluding carboxylic acids is 1. The van der Waals surface area contributed by atoms with Gasteiger partial charge in [0.15, 0.2) is 0 Å². The Hall–Kier alpha value is -2.54. The number of quaternary nitrogens is 1. The summed E-state index contributed by atoms with van der Waals surface area (Å²) >= 11 is 0. The monoisotopic (exact) mass is 392 g/mol. The first-order chi connectivity index (χ1) is 13.4. The third kappa shape index (κ3) is 5.04. The molecule has 28 heavy (non-hydrogen) atoms. The van der Waals surface area contributed by atoms with Crippen molar-refractivity contribution in [1.82, 2.24) is 0 Å². The number of piperazine rings is 1. The van der Waals surface area contributed by atoms with Crippen LogP contribution in [-0.2, 0) is 17.4 Å². The van der Waals surface area contributed by atoms with E-state index >= 15 is 0 Å². The topological polar surface area (TPSA) is 36.8 Å². The highest BCUT2D eigenvalue weighted by Gasteiger charge is 2.30. The van der Waals surface area contributed by atoms with Crippen LogP contribution in [0.15, 0.2) is 48.5 Å². The van der Waals surface area contributed by atoms with Crippen LogP contribution >= 0.6 is 0 Å². The molecule has 0 spiro atoms. The molecular formula is C21H25F3N3O+. The standard InChI is InChI=1S/C21H24F3N3O/c1-2-26-10-12-27(13-11-26)19-9-4-3-8-18(19)25-20(28)15-16-6-5-7-17(14-16)21(22,23)24/h3-9,14H,2,10-13,15H2,1H3,(H,25,28)/p+1. The van der Waals surface area contributed by atoms with E-state index in [4.69, 9.17) is 0 Å². The normalized spacial score (nSPS) is 15.5. The number of likely N-dealkylation sites (N-methyl/N-ethyl adjacent to an activating group) is 1. The van der Waals surface area contributed by atoms with E-state index in [1.807, 2.05) is 24.3 Å². The number of nitrogens with zero attached hydrogens (tertiary/aromatic N) is 1. The summed E-state index contributed by atoms with van der Waals surface area (Å²) in [5.41, 5.74) is 1.24. The van der Waals surface area contributed by atoms with Crippen molar-refractivity contribution in [1.29, 1.82) is 0 Å². The van der Waals surface area contributed by atoms with Crippen LogP contribution in [0.3, 0.4) is 0 Å². The lowest BCUT2D eigenvalue weighted by molar-refractivity contribution is -0.898. The van der Waals surface area contributed by atoms with Gasteiger partial charge >= 0.3 is 6.18 Å². The van der Waals surface area contributed by atoms with Gasteiger partial charge in [0.25, 0.3) is 0 Å². The van der Waals surface area contributed by atoms with Gasteiger partial charge in [0, 0.05) is 0 Å². The molecule has 4 nitrogen and oxygen atoms in total. The fourth-order valence-electron chi connectivity index (χ4n) is 3.51. The third-order valence-corrected chi connectivity index (χ3v) is 5.11. The number of para-hydroxylation sites is 2. The maximum Gasteiger partial charge on any atom is 0.416 e. The first-order valence-corrected chi connectivity index (χ1v) is 9.50. The van der Waals surface area contributed by atoms with Crippen LogP contribution in [0.25, 0.3) is 0 Å². The molecule has 0 atom stereocenters. The molecule has 7 heteroatoms. The largest absolute Gasteiger partial charge is 0.416 e. The molecule has 1 fully saturated rings. The summed E-state index contributed by atoms with van der Waals surface area (Å²) in [6.07, 6.45) is -4.52. The molecule has 1 aliphatic rings. The molecule has 0 saturated carbocycles. The number of alkyl halides is 3. The summed E-state index contributed by atoms with van der Waals surface area (Å²) in [4.78, 5) is 16.3. The fraction of sp³-hybridized carbons (Fsp3) is 0.381. The van der Waals surface area contributed by atoms with Crippen molar-refractivity contribution in [2.75, 3.05) is 42.9 Å². The van der Waals surface area contributed by atoms with Gasteiger partial charge in [0.2, 0.25) is 5.91 Å². The minimum absolute atomic E-state index is 0.105. The minimum atomic E-state index is -4.41. The number of anilines is 2. The Morgan fingerprint density at radius 1 is 1.11 bits per heavy atom. The van der Waals surface area contributed by atoms with Crippen LogP contribution in [0.5, 0.6) is 0 Å². The summed E-state index contributed by atoms with van der Waals surface area (Å²) in [6.45, 7) is 7.18. The number of amides is 1. The Kier molecular flexibility index (Phi) is 6.24. The summed E-state index contributed by atoms with van der Waals surface area (Å²) in [6, 6.07) is 12.5. The quantitative estimate of drug-likeness (QED) is 0.821. The van der Waals surface area contributed by atoms with E-state index in [0.717, 1.165) is 50.5 Å². The zero-order valence-corrected chi connectivity index (χ0v) is 15.9. The smallest absolute Gasteiger partial charge is 0.359 e. The first kappa shape index (κ1) is 20.2. The van der Waals surface area contributed by atoms with E-state index in [0.29, 0.717) is 11.3 Å². The molecule has 0 unspecified atom stereocenters. The number of benzene rings is 2. The van der Waals surface area contributed by atoms with Crippen molar-refractivity contribution in [3.63, 3.8) is 0 Å². The summed E-state index contributed by atoms with van der Waals surface area (Å²) in [5, 5.41) is 2.87. The Balaban J connectivity index is 1.68. The molecule has 2 aromatic rings. The van der Waals surface area contributed by atoms with Gasteiger partial charge in [-0.1, -0.05) is 30.3 Å². The van der Waals surface area contributed by atoms with Gasteiger partial charge in [-0.05, 0) is 30.7 Å². The van der Waals surface area contributed by atoms with Gasteiger partial charge in [-0.15, -0.1) is 0 Å². The molecular weight excluding hydrogens is 367 g/mol. The highest BCUT2D eigenvalue weighted by atomic mass is 19.4. The van der Waals surface area contributed by atoms with Gasteiger partial charge in [-0.2, -0.15) is 13.2 Å². The molecule has 1 heterocycles. The lowest BCUT2D eigenvalue weighted by Crippen LogP contribution is -3.14. The van der Waals surface area contributed by atoms with Gasteiger partial charge in [-0.25, -0.2) is 0 Å². The molecule has 0 aliphatic carbocycles. The molecule has 2 N–H and O–H groups in total. The number of nitrogens with one attached hydrogen (secondary N) is 2. The van der Waals surface area contributed by atoms with E-state index in [2.05, 4.69) is 17.1 Å². The van der Waals surface area contributed by atoms with E-state index in [-0.39, 0.29) is 12.3 Å². The molecule has 1 amide bonds. The zero-order chi connectivity index (χ0) is 20.1. The second-order valence-corrected chi connectivity index (χ2v) is 7.03. The Labute approximate surface area is 162 Å². The van der Waals surface area contributed by atoms with Crippen molar-refractivity contribution in [3.05, 3.63) is 59.7 Å². The fourth-order valence-corrected chi connectivity index (χ4v) is 3.51. The van der Waals surface area contributed by atoms with Crippen LogP contribution in [0, 0.1) is 0 Å². The van der Waals surface area contributed by atoms with Gasteiger partial charge < -0.3 is 15.1 Å². The number of hydrogen-bond acceptors (Lipinski definition) is 2. The van der Waals surface area contributed by atoms with Gasteiger partial charge in [-0.3, -0.25) is 4.79 Å². The lowest BCUT2D eigenvalue weighted by Gasteiger charge is -2.34. The highest BCUT2D eigenvalue weighted by molar-refractivity contribution is 5.95. The van der Waals surface area contributed by atoms with Gasteiger partial charge in [0.1, 0.15) is 0 Å². The van der Waals surface area contributed by atoms with E-state index in [9.17, 15) is 18.0 Å². The van der Waals surface area contributed by atoms with E-state index < -0.39 is 11.7 Å². The zero-order valence-electron chi connectivity index (χ0n) is 15.9. The predicted molar refractivity (Wildman–Crippen MR) is 104 cm³/mol. The number of carbonyl (C=O) groups is 1. The molecule has 1 saturated heterocycles. The molecule has 3 rings (SSSR count). The Morgan fingerprint density at radius 2 is 1.82 bits per heavy atom. The van der Waals surface area contributed by atoms with Crippen molar-refractivity contribution < 1.29 is 22.9 Å². The highest BCUT2D eigenvalue weighted by Crippen LogP contribution is 2.30. The minimum Gasteiger partial charge on any atom is -0.359 e. The summed E-state index contributed by atoms with van der Waals surface area (Å²) in [5.74, 6) is -0.329. The number of rotatable bonds is 5. The average molecular weight is 392 g/mol. The Morgan fingerprint density at radius 3 is 2.50 bits per heavy atom. The average Bonchev–Trinajstić information content (AvgIpc) is 2.68. The predicted octanol–water partition coefficient (Wildman–Crippen LogP) is 2.61. The van der Waals surface area contributed by atoms with Crippen molar-refractivity contribution in [2.45, 2.75) is 19.5 Å². The van der Waals surface area contributed by atoms with Crippen LogP contribution in [0.1, 0.15) is 18.1 Å². The molecule has 2 aromatic carbocycles. The van der Waals surface area contributed by atoms with Crippen molar-refractivity contribution in [3.8, 4) is 0 Å². The van der Waals surface area contributed by atoms with Crippen LogP contribution in [-0.4, -0.2) is 38.6 Å². The molecule has 1 aliphatic heterocycles. The van der Waals surface area contributed by atoms with Gasteiger partial charge in [0.05, 0.1) is 56.1 Å². The Bertz CT molecular complexity index is 815. The van der Waals surface area contributed by atoms with Crippen LogP contribution in [0.2, 0.25) is 0 Å². The van der Waals surface area contributed by atoms with Crippen LogP contribution in [0.4, 0.5) is 24.5 Å². The number of halogens is 3. The number of hydrogen-bond donors (Lipinski definition) is 2. The SMILES string of the molecule is CC[NH+]1CCN(c2ccccc2NC(=O)Cc2cccc(C(F)(F)F)c2)CC1. The van der Waals surface area contributed by atoms with E-state index in [1.54, 1.807) is 4.90 Å². The van der Waals surface area contributed by atoms with Crippen molar-refractivity contribution >= 4 is 17.3 Å². The maximum absolute atomic E-state index is 12.9. The van der Waals surface area contributed by atoms with Crippen molar-refractivity contribution in [2.24, 2.45) is 0 Å². The summed E-state index contributed by atoms with van der Waals surface area (Å²) in [7, 11) is 0. The molecule has 150 valence electrons. The molecule has 0 bridgehead atoms. The molecule has 0 radical (unpaired) electrons. The first-order valence-electron chi connectivity index (χ1n) is 9.50.